The molecule has 1 N–H and O–H groups in total. The lowest BCUT2D eigenvalue weighted by Gasteiger charge is -2.26. The van der Waals surface area contributed by atoms with E-state index >= 15 is 0 Å². The quantitative estimate of drug-likeness (QED) is 0.335. The molecule has 8 nitrogen and oxygen atoms in total. The summed E-state index contributed by atoms with van der Waals surface area (Å²) in [5.41, 5.74) is 2.61. The number of aromatic nitrogens is 2. The minimum absolute atomic E-state index is 0.0204. The smallest absolute Gasteiger partial charge is 0.485 e. The molecule has 1 aromatic heterocycles. The molecule has 3 heterocycles. The number of aliphatic hydroxyl groups is 1. The SMILES string of the molecule is C[C@H](OC1CCCCO1)c1nccn1[C@@H](C#Cc1ccc(-c2ccc(OC3COC[C@H]3OC(F)(F)F)cc2)cc1)CO. The fraction of sp³-hybridized carbons (Fsp3) is 0.452. The second kappa shape index (κ2) is 13.7. The molecule has 0 aliphatic carbocycles. The number of ether oxygens (including phenoxy) is 5. The Bertz CT molecular complexity index is 1340. The average molecular weight is 587 g/mol. The average Bonchev–Trinajstić information content (AvgIpc) is 3.64. The molecule has 0 spiro atoms. The van der Waals surface area contributed by atoms with E-state index in [1.54, 1.807) is 24.5 Å². The Labute approximate surface area is 242 Å². The Morgan fingerprint density at radius 3 is 2.43 bits per heavy atom. The number of benzene rings is 2. The van der Waals surface area contributed by atoms with Crippen LogP contribution in [0.25, 0.3) is 11.1 Å². The zero-order chi connectivity index (χ0) is 29.5. The fourth-order valence-corrected chi connectivity index (χ4v) is 4.93. The molecule has 0 radical (unpaired) electrons. The lowest BCUT2D eigenvalue weighted by atomic mass is 10.0. The molecule has 5 atom stereocenters. The van der Waals surface area contributed by atoms with Gasteiger partial charge in [0.1, 0.15) is 29.8 Å². The maximum atomic E-state index is 12.6. The molecule has 2 unspecified atom stereocenters. The van der Waals surface area contributed by atoms with E-state index in [1.807, 2.05) is 47.9 Å². The van der Waals surface area contributed by atoms with Crippen molar-refractivity contribution in [3.8, 4) is 28.7 Å². The standard InChI is InChI=1S/C31H33F3N2O6/c1-21(40-29-4-2-3-17-39-29)30-35-15-16-36(30)25(18-37)12-7-22-5-8-23(9-6-22)24-10-13-26(14-11-24)41-27-19-38-20-28(27)42-31(32,33)34/h5-6,8-11,13-16,21,25,27-29,37H,2-4,17-20H2,1H3/t21-,25-,27?,28+,29?/m0/s1. The summed E-state index contributed by atoms with van der Waals surface area (Å²) in [7, 11) is 0. The molecule has 2 saturated heterocycles. The van der Waals surface area contributed by atoms with Crippen LogP contribution < -0.4 is 4.74 Å². The van der Waals surface area contributed by atoms with Crippen molar-refractivity contribution in [2.75, 3.05) is 26.4 Å². The van der Waals surface area contributed by atoms with Crippen molar-refractivity contribution in [3.05, 3.63) is 72.3 Å². The van der Waals surface area contributed by atoms with E-state index in [0.29, 0.717) is 18.2 Å². The number of nitrogens with zero attached hydrogens (tertiary/aromatic N) is 2. The van der Waals surface area contributed by atoms with E-state index in [4.69, 9.17) is 18.9 Å². The van der Waals surface area contributed by atoms with Crippen LogP contribution in [0.5, 0.6) is 5.75 Å². The highest BCUT2D eigenvalue weighted by molar-refractivity contribution is 5.65. The number of rotatable bonds is 9. The highest BCUT2D eigenvalue weighted by atomic mass is 19.4. The lowest BCUT2D eigenvalue weighted by Crippen LogP contribution is -2.36. The number of hydrogen-bond donors (Lipinski definition) is 1. The summed E-state index contributed by atoms with van der Waals surface area (Å²) in [6, 6.07) is 14.2. The van der Waals surface area contributed by atoms with Gasteiger partial charge in [-0.3, -0.25) is 4.74 Å². The zero-order valence-corrected chi connectivity index (χ0v) is 23.1. The third-order valence-electron chi connectivity index (χ3n) is 7.07. The van der Waals surface area contributed by atoms with E-state index in [-0.39, 0.29) is 32.2 Å². The van der Waals surface area contributed by atoms with Gasteiger partial charge in [-0.05, 0) is 61.6 Å². The van der Waals surface area contributed by atoms with Crippen LogP contribution in [0.15, 0.2) is 60.9 Å². The van der Waals surface area contributed by atoms with Gasteiger partial charge in [-0.15, -0.1) is 13.2 Å². The summed E-state index contributed by atoms with van der Waals surface area (Å²) in [5, 5.41) is 10.1. The van der Waals surface area contributed by atoms with Crippen molar-refractivity contribution < 1.29 is 42.0 Å². The first-order chi connectivity index (χ1) is 20.3. The monoisotopic (exact) mass is 586 g/mol. The van der Waals surface area contributed by atoms with Gasteiger partial charge in [0.2, 0.25) is 0 Å². The van der Waals surface area contributed by atoms with Gasteiger partial charge in [-0.2, -0.15) is 0 Å². The van der Waals surface area contributed by atoms with Crippen molar-refractivity contribution in [1.29, 1.82) is 0 Å². The van der Waals surface area contributed by atoms with Gasteiger partial charge in [0, 0.05) is 24.6 Å². The van der Waals surface area contributed by atoms with E-state index in [1.165, 1.54) is 0 Å². The normalized spacial score (nSPS) is 22.3. The molecule has 5 rings (SSSR count). The Hall–Kier alpha value is -3.40. The summed E-state index contributed by atoms with van der Waals surface area (Å²) in [6.45, 7) is 2.26. The number of imidazole rings is 1. The minimum Gasteiger partial charge on any atom is -0.485 e. The third-order valence-corrected chi connectivity index (χ3v) is 7.07. The van der Waals surface area contributed by atoms with Crippen LogP contribution >= 0.6 is 0 Å². The fourth-order valence-electron chi connectivity index (χ4n) is 4.93. The van der Waals surface area contributed by atoms with Gasteiger partial charge < -0.3 is 28.6 Å². The molecule has 0 bridgehead atoms. The summed E-state index contributed by atoms with van der Waals surface area (Å²) in [6.07, 6.45) is -0.987. The van der Waals surface area contributed by atoms with Crippen molar-refractivity contribution in [2.45, 2.75) is 63.2 Å². The van der Waals surface area contributed by atoms with Crippen LogP contribution in [0.3, 0.4) is 0 Å². The highest BCUT2D eigenvalue weighted by Crippen LogP contribution is 2.28. The molecule has 0 saturated carbocycles. The molecule has 2 aromatic carbocycles. The first kappa shape index (κ1) is 30.1. The zero-order valence-electron chi connectivity index (χ0n) is 23.1. The van der Waals surface area contributed by atoms with Gasteiger partial charge >= 0.3 is 6.36 Å². The number of hydrogen-bond acceptors (Lipinski definition) is 7. The molecule has 2 aliphatic rings. The maximum absolute atomic E-state index is 12.6. The topological polar surface area (TPSA) is 84.2 Å². The van der Waals surface area contributed by atoms with E-state index in [2.05, 4.69) is 21.6 Å². The first-order valence-corrected chi connectivity index (χ1v) is 13.9. The van der Waals surface area contributed by atoms with Crippen LogP contribution in [-0.2, 0) is 18.9 Å². The van der Waals surface area contributed by atoms with Gasteiger partial charge in [0.15, 0.2) is 12.4 Å². The Balaban J connectivity index is 1.20. The van der Waals surface area contributed by atoms with Crippen molar-refractivity contribution >= 4 is 0 Å². The van der Waals surface area contributed by atoms with Crippen LogP contribution in [0.1, 0.15) is 49.7 Å². The summed E-state index contributed by atoms with van der Waals surface area (Å²) in [5.74, 6) is 7.36. The molecule has 2 aliphatic heterocycles. The second-order valence-electron chi connectivity index (χ2n) is 10.1. The third kappa shape index (κ3) is 7.91. The predicted octanol–water partition coefficient (Wildman–Crippen LogP) is 5.42. The second-order valence-corrected chi connectivity index (χ2v) is 10.1. The Morgan fingerprint density at radius 1 is 1.05 bits per heavy atom. The molecular formula is C31H33F3N2O6. The van der Waals surface area contributed by atoms with Crippen LogP contribution in [0.2, 0.25) is 0 Å². The number of halogens is 3. The highest BCUT2D eigenvalue weighted by Gasteiger charge is 2.41. The molecule has 2 fully saturated rings. The molecular weight excluding hydrogens is 553 g/mol. The predicted molar refractivity (Wildman–Crippen MR) is 146 cm³/mol. The van der Waals surface area contributed by atoms with Crippen molar-refractivity contribution in [1.82, 2.24) is 9.55 Å². The van der Waals surface area contributed by atoms with Gasteiger partial charge in [0.25, 0.3) is 0 Å². The molecule has 11 heteroatoms. The van der Waals surface area contributed by atoms with E-state index in [9.17, 15) is 18.3 Å². The van der Waals surface area contributed by atoms with Crippen molar-refractivity contribution in [3.63, 3.8) is 0 Å². The van der Waals surface area contributed by atoms with Crippen LogP contribution in [0.4, 0.5) is 13.2 Å². The Morgan fingerprint density at radius 2 is 1.76 bits per heavy atom. The van der Waals surface area contributed by atoms with Gasteiger partial charge in [-0.25, -0.2) is 4.98 Å². The van der Waals surface area contributed by atoms with E-state index < -0.39 is 24.6 Å². The molecule has 224 valence electrons. The molecule has 3 aromatic rings. The molecule has 42 heavy (non-hydrogen) atoms. The first-order valence-electron chi connectivity index (χ1n) is 13.9. The van der Waals surface area contributed by atoms with Crippen LogP contribution in [-0.4, -0.2) is 65.9 Å². The summed E-state index contributed by atoms with van der Waals surface area (Å²) < 4.78 is 66.3. The van der Waals surface area contributed by atoms with Crippen molar-refractivity contribution in [2.24, 2.45) is 0 Å². The minimum atomic E-state index is -4.75. The van der Waals surface area contributed by atoms with E-state index in [0.717, 1.165) is 36.0 Å². The summed E-state index contributed by atoms with van der Waals surface area (Å²) >= 11 is 0. The van der Waals surface area contributed by atoms with Gasteiger partial charge in [0.05, 0.1) is 19.8 Å². The largest absolute Gasteiger partial charge is 0.522 e. The Kier molecular flexibility index (Phi) is 9.82. The summed E-state index contributed by atoms with van der Waals surface area (Å²) in [4.78, 5) is 4.44. The lowest BCUT2D eigenvalue weighted by molar-refractivity contribution is -0.346. The van der Waals surface area contributed by atoms with Gasteiger partial charge in [-0.1, -0.05) is 36.1 Å². The molecule has 0 amide bonds. The number of alkyl halides is 3. The van der Waals surface area contributed by atoms with Crippen LogP contribution in [0, 0.1) is 11.8 Å². The maximum Gasteiger partial charge on any atom is 0.522 e. The number of aliphatic hydroxyl groups excluding tert-OH is 1.